The Morgan fingerprint density at radius 3 is 2.74 bits per heavy atom. The number of carbonyl (C=O) groups excluding carboxylic acids is 2. The summed E-state index contributed by atoms with van der Waals surface area (Å²) in [6, 6.07) is 8.72. The van der Waals surface area contributed by atoms with E-state index in [-0.39, 0.29) is 28.9 Å². The van der Waals surface area contributed by atoms with Crippen LogP contribution in [0.3, 0.4) is 0 Å². The third kappa shape index (κ3) is 5.46. The molecule has 182 valence electrons. The minimum atomic E-state index is -0.708. The number of nitrogens with one attached hydrogen (secondary N) is 3. The molecule has 0 fully saturated rings. The molecule has 35 heavy (non-hydrogen) atoms. The van der Waals surface area contributed by atoms with Crippen molar-refractivity contribution in [1.29, 1.82) is 0 Å². The molecule has 0 radical (unpaired) electrons. The highest BCUT2D eigenvalue weighted by Crippen LogP contribution is 2.28. The summed E-state index contributed by atoms with van der Waals surface area (Å²) < 4.78 is 20.4. The number of nitrogens with zero attached hydrogens (tertiary/aromatic N) is 1. The van der Waals surface area contributed by atoms with Gasteiger partial charge in [-0.25, -0.2) is 9.37 Å². The number of carbonyl (C=O) groups is 2. The first-order valence-corrected chi connectivity index (χ1v) is 12.6. The number of rotatable bonds is 8. The Kier molecular flexibility index (Phi) is 7.37. The summed E-state index contributed by atoms with van der Waals surface area (Å²) in [5.74, 6) is -0.781. The van der Waals surface area contributed by atoms with E-state index >= 15 is 0 Å². The van der Waals surface area contributed by atoms with E-state index in [0.29, 0.717) is 32.3 Å². The standard InChI is InChI=1S/C24H23FN4O4S2/c1-12(2)19(22(32)26-3)27-21(31)18-7-6-17(33-18)13-4-5-14(16(25)10-13)11-35-24-28-20(30)15-8-9-34-23(15)29-24/h4-10,12,19H,11H2,1-3H3,(H,26,32)(H,27,31)(H,28,29,30)/t19-/m0/s1. The first-order valence-electron chi connectivity index (χ1n) is 10.8. The van der Waals surface area contributed by atoms with Crippen LogP contribution in [-0.2, 0) is 10.5 Å². The van der Waals surface area contributed by atoms with E-state index in [1.54, 1.807) is 29.6 Å². The van der Waals surface area contributed by atoms with Crippen LogP contribution in [0.5, 0.6) is 0 Å². The minimum Gasteiger partial charge on any atom is -0.451 e. The van der Waals surface area contributed by atoms with E-state index in [4.69, 9.17) is 4.42 Å². The van der Waals surface area contributed by atoms with Crippen molar-refractivity contribution in [2.24, 2.45) is 5.92 Å². The largest absolute Gasteiger partial charge is 0.451 e. The molecular formula is C24H23FN4O4S2. The number of hydrogen-bond acceptors (Lipinski definition) is 7. The van der Waals surface area contributed by atoms with Gasteiger partial charge in [-0.2, -0.15) is 0 Å². The fraction of sp³-hybridized carbons (Fsp3) is 0.250. The number of likely N-dealkylation sites (N-methyl/N-ethyl adjacent to an activating group) is 1. The van der Waals surface area contributed by atoms with Gasteiger partial charge in [0, 0.05) is 18.4 Å². The van der Waals surface area contributed by atoms with Gasteiger partial charge in [0.2, 0.25) is 5.91 Å². The van der Waals surface area contributed by atoms with Gasteiger partial charge in [-0.1, -0.05) is 37.7 Å². The Morgan fingerprint density at radius 1 is 1.23 bits per heavy atom. The highest BCUT2D eigenvalue weighted by molar-refractivity contribution is 7.98. The van der Waals surface area contributed by atoms with Crippen LogP contribution < -0.4 is 16.2 Å². The number of thioether (sulfide) groups is 1. The molecule has 3 heterocycles. The number of furan rings is 1. The van der Waals surface area contributed by atoms with Crippen molar-refractivity contribution in [1.82, 2.24) is 20.6 Å². The van der Waals surface area contributed by atoms with Crippen molar-refractivity contribution >= 4 is 45.1 Å². The average molecular weight is 515 g/mol. The molecule has 0 aliphatic rings. The zero-order valence-electron chi connectivity index (χ0n) is 19.2. The maximum absolute atomic E-state index is 14.8. The first-order chi connectivity index (χ1) is 16.8. The summed E-state index contributed by atoms with van der Waals surface area (Å²) >= 11 is 2.61. The van der Waals surface area contributed by atoms with Crippen molar-refractivity contribution < 1.29 is 18.4 Å². The number of aromatic amines is 1. The lowest BCUT2D eigenvalue weighted by Gasteiger charge is -2.19. The number of benzene rings is 1. The summed E-state index contributed by atoms with van der Waals surface area (Å²) in [5, 5.41) is 7.95. The first kappa shape index (κ1) is 24.7. The summed E-state index contributed by atoms with van der Waals surface area (Å²) in [7, 11) is 1.50. The fourth-order valence-corrected chi connectivity index (χ4v) is 5.06. The number of fused-ring (bicyclic) bond motifs is 1. The van der Waals surface area contributed by atoms with Gasteiger partial charge >= 0.3 is 0 Å². The van der Waals surface area contributed by atoms with Crippen molar-refractivity contribution in [2.45, 2.75) is 30.8 Å². The topological polar surface area (TPSA) is 117 Å². The second-order valence-corrected chi connectivity index (χ2v) is 9.94. The van der Waals surface area contributed by atoms with Crippen molar-refractivity contribution in [3.63, 3.8) is 0 Å². The summed E-state index contributed by atoms with van der Waals surface area (Å²) in [4.78, 5) is 44.4. The molecule has 0 saturated heterocycles. The van der Waals surface area contributed by atoms with Crippen LogP contribution in [0.15, 0.2) is 56.1 Å². The molecule has 4 aromatic rings. The van der Waals surface area contributed by atoms with Crippen LogP contribution in [0.25, 0.3) is 21.5 Å². The van der Waals surface area contributed by atoms with Crippen molar-refractivity contribution in [3.8, 4) is 11.3 Å². The van der Waals surface area contributed by atoms with Gasteiger partial charge in [0.1, 0.15) is 22.4 Å². The van der Waals surface area contributed by atoms with E-state index in [1.165, 1.54) is 42.3 Å². The van der Waals surface area contributed by atoms with Crippen LogP contribution in [0.4, 0.5) is 4.39 Å². The van der Waals surface area contributed by atoms with Gasteiger partial charge in [0.15, 0.2) is 10.9 Å². The normalized spacial score (nSPS) is 12.1. The zero-order valence-corrected chi connectivity index (χ0v) is 20.8. The molecule has 11 heteroatoms. The molecule has 4 rings (SSSR count). The van der Waals surface area contributed by atoms with Gasteiger partial charge < -0.3 is 20.0 Å². The van der Waals surface area contributed by atoms with E-state index in [0.717, 1.165) is 0 Å². The maximum atomic E-state index is 14.8. The molecule has 1 atom stereocenters. The van der Waals surface area contributed by atoms with E-state index in [9.17, 15) is 18.8 Å². The molecule has 0 bridgehead atoms. The quantitative estimate of drug-likeness (QED) is 0.240. The summed E-state index contributed by atoms with van der Waals surface area (Å²) in [5.41, 5.74) is 0.679. The maximum Gasteiger partial charge on any atom is 0.287 e. The molecule has 0 spiro atoms. The van der Waals surface area contributed by atoms with Gasteiger partial charge in [0.25, 0.3) is 11.5 Å². The second-order valence-electron chi connectivity index (χ2n) is 8.08. The summed E-state index contributed by atoms with van der Waals surface area (Å²) in [6.45, 7) is 3.65. The van der Waals surface area contributed by atoms with Crippen LogP contribution in [-0.4, -0.2) is 34.9 Å². The predicted molar refractivity (Wildman–Crippen MR) is 134 cm³/mol. The predicted octanol–water partition coefficient (Wildman–Crippen LogP) is 4.18. The summed E-state index contributed by atoms with van der Waals surface area (Å²) in [6.07, 6.45) is 0. The number of hydrogen-bond donors (Lipinski definition) is 3. The van der Waals surface area contributed by atoms with E-state index in [2.05, 4.69) is 20.6 Å². The fourth-order valence-electron chi connectivity index (χ4n) is 3.40. The van der Waals surface area contributed by atoms with Gasteiger partial charge in [0.05, 0.1) is 5.39 Å². The Hall–Kier alpha value is -3.44. The number of thiophene rings is 1. The molecule has 8 nitrogen and oxygen atoms in total. The lowest BCUT2D eigenvalue weighted by atomic mass is 10.0. The zero-order chi connectivity index (χ0) is 25.1. The minimum absolute atomic E-state index is 0.0218. The van der Waals surface area contributed by atoms with Crippen molar-refractivity contribution in [2.75, 3.05) is 7.05 Å². The lowest BCUT2D eigenvalue weighted by molar-refractivity contribution is -0.123. The third-order valence-corrected chi connectivity index (χ3v) is 7.06. The molecule has 3 N–H and O–H groups in total. The molecule has 2 amide bonds. The molecule has 0 aliphatic carbocycles. The molecular weight excluding hydrogens is 491 g/mol. The third-order valence-electron chi connectivity index (χ3n) is 5.33. The van der Waals surface area contributed by atoms with Crippen LogP contribution >= 0.6 is 23.1 Å². The Bertz CT molecular complexity index is 1440. The van der Waals surface area contributed by atoms with Gasteiger partial charge in [-0.15, -0.1) is 11.3 Å². The molecule has 0 saturated carbocycles. The second kappa shape index (κ2) is 10.4. The lowest BCUT2D eigenvalue weighted by Crippen LogP contribution is -2.48. The monoisotopic (exact) mass is 514 g/mol. The van der Waals surface area contributed by atoms with Gasteiger partial charge in [-0.05, 0) is 41.1 Å². The number of amides is 2. The Balaban J connectivity index is 1.45. The molecule has 3 aromatic heterocycles. The van der Waals surface area contributed by atoms with Crippen LogP contribution in [0, 0.1) is 11.7 Å². The highest BCUT2D eigenvalue weighted by atomic mass is 32.2. The Labute approximate surface area is 208 Å². The molecule has 0 unspecified atom stereocenters. The van der Waals surface area contributed by atoms with Crippen molar-refractivity contribution in [3.05, 3.63) is 69.3 Å². The number of H-pyrrole nitrogens is 1. The average Bonchev–Trinajstić information content (AvgIpc) is 3.51. The number of aromatic nitrogens is 2. The smallest absolute Gasteiger partial charge is 0.287 e. The van der Waals surface area contributed by atoms with E-state index < -0.39 is 17.8 Å². The van der Waals surface area contributed by atoms with Gasteiger partial charge in [-0.3, -0.25) is 14.4 Å². The SMILES string of the molecule is CNC(=O)[C@@H](NC(=O)c1ccc(-c2ccc(CSc3nc4sccc4c(=O)[nH]3)c(F)c2)o1)C(C)C. The Morgan fingerprint density at radius 2 is 2.03 bits per heavy atom. The molecule has 0 aliphatic heterocycles. The van der Waals surface area contributed by atoms with Crippen LogP contribution in [0.1, 0.15) is 30.0 Å². The highest BCUT2D eigenvalue weighted by Gasteiger charge is 2.25. The van der Waals surface area contributed by atoms with E-state index in [1.807, 2.05) is 13.8 Å². The molecule has 1 aromatic carbocycles. The number of halogens is 1. The van der Waals surface area contributed by atoms with Crippen LogP contribution in [0.2, 0.25) is 0 Å².